The van der Waals surface area contributed by atoms with Crippen molar-refractivity contribution in [2.75, 3.05) is 0 Å². The molecule has 0 saturated heterocycles. The van der Waals surface area contributed by atoms with Gasteiger partial charge in [0.1, 0.15) is 0 Å². The van der Waals surface area contributed by atoms with E-state index < -0.39 is 0 Å². The van der Waals surface area contributed by atoms with Gasteiger partial charge in [-0.3, -0.25) is 0 Å². The van der Waals surface area contributed by atoms with E-state index in [0.717, 1.165) is 18.4 Å². The second kappa shape index (κ2) is 16.9. The molecule has 1 aliphatic carbocycles. The summed E-state index contributed by atoms with van der Waals surface area (Å²) in [5, 5.41) is 2.66. The zero-order valence-electron chi connectivity index (χ0n) is 38.2. The molecule has 0 N–H and O–H groups in total. The molecule has 0 amide bonds. The van der Waals surface area contributed by atoms with Crippen LogP contribution in [0, 0.1) is 13.8 Å². The Morgan fingerprint density at radius 1 is 0.500 bits per heavy atom. The van der Waals surface area contributed by atoms with Crippen LogP contribution >= 0.6 is 11.3 Å². The van der Waals surface area contributed by atoms with Crippen LogP contribution in [0.4, 0.5) is 0 Å². The van der Waals surface area contributed by atoms with Gasteiger partial charge in [0.15, 0.2) is 0 Å². The van der Waals surface area contributed by atoms with E-state index in [1.54, 1.807) is 0 Å². The van der Waals surface area contributed by atoms with Gasteiger partial charge in [0.05, 0.1) is 0 Å². The summed E-state index contributed by atoms with van der Waals surface area (Å²) in [4.78, 5) is 0. The minimum Gasteiger partial charge on any atom is -0.135 e. The van der Waals surface area contributed by atoms with Crippen molar-refractivity contribution in [1.29, 1.82) is 0 Å². The maximum atomic E-state index is 4.59. The summed E-state index contributed by atoms with van der Waals surface area (Å²) < 4.78 is 2.68. The smallest absolute Gasteiger partial charge is 0.0433 e. The molecular formula is C65H52S. The van der Waals surface area contributed by atoms with Crippen molar-refractivity contribution in [2.45, 2.75) is 46.0 Å². The minimum atomic E-state index is -0.0612. The molecule has 318 valence electrons. The summed E-state index contributed by atoms with van der Waals surface area (Å²) in [6, 6.07) is 74.4. The Balaban J connectivity index is 0.924. The van der Waals surface area contributed by atoms with Crippen molar-refractivity contribution < 1.29 is 0 Å². The van der Waals surface area contributed by atoms with Crippen molar-refractivity contribution in [3.05, 3.63) is 257 Å². The van der Waals surface area contributed by atoms with Crippen molar-refractivity contribution in [2.24, 2.45) is 0 Å². The van der Waals surface area contributed by atoms with E-state index in [1.165, 1.54) is 120 Å². The van der Waals surface area contributed by atoms with E-state index in [9.17, 15) is 0 Å². The fraction of sp³-hybridized carbons (Fsp3) is 0.108. The van der Waals surface area contributed by atoms with Crippen LogP contribution in [-0.2, 0) is 18.3 Å². The second-order valence-corrected chi connectivity index (χ2v) is 19.8. The molecule has 11 rings (SSSR count). The molecule has 0 saturated carbocycles. The Hall–Kier alpha value is -7.32. The highest BCUT2D eigenvalue weighted by atomic mass is 32.1. The predicted molar refractivity (Wildman–Crippen MR) is 286 cm³/mol. The highest BCUT2D eigenvalue weighted by molar-refractivity contribution is 7.26. The number of fused-ring (bicyclic) bond motifs is 6. The summed E-state index contributed by atoms with van der Waals surface area (Å²) in [5.74, 6) is 0. The maximum absolute atomic E-state index is 4.59. The quantitative estimate of drug-likeness (QED) is 0.120. The average molecular weight is 865 g/mol. The van der Waals surface area contributed by atoms with Crippen LogP contribution in [0.5, 0.6) is 0 Å². The van der Waals surface area contributed by atoms with Crippen LogP contribution in [0.2, 0.25) is 0 Å². The summed E-state index contributed by atoms with van der Waals surface area (Å²) in [7, 11) is 0. The van der Waals surface area contributed by atoms with Crippen molar-refractivity contribution in [1.82, 2.24) is 0 Å². The fourth-order valence-corrected chi connectivity index (χ4v) is 11.6. The largest absolute Gasteiger partial charge is 0.135 e. The van der Waals surface area contributed by atoms with Crippen LogP contribution in [0.25, 0.3) is 81.9 Å². The number of thiophene rings is 1. The van der Waals surface area contributed by atoms with Gasteiger partial charge in [0.25, 0.3) is 0 Å². The molecular weight excluding hydrogens is 813 g/mol. The molecule has 0 atom stereocenters. The summed E-state index contributed by atoms with van der Waals surface area (Å²) in [5.41, 5.74) is 24.1. The zero-order valence-corrected chi connectivity index (χ0v) is 39.0. The Morgan fingerprint density at radius 2 is 1.18 bits per heavy atom. The van der Waals surface area contributed by atoms with E-state index in [4.69, 9.17) is 0 Å². The van der Waals surface area contributed by atoms with Gasteiger partial charge in [0, 0.05) is 25.6 Å². The van der Waals surface area contributed by atoms with E-state index in [1.807, 2.05) is 11.3 Å². The molecule has 10 aromatic rings. The van der Waals surface area contributed by atoms with E-state index in [2.05, 4.69) is 241 Å². The molecule has 1 aliphatic rings. The van der Waals surface area contributed by atoms with Crippen LogP contribution < -0.4 is 0 Å². The Labute approximate surface area is 393 Å². The van der Waals surface area contributed by atoms with Crippen LogP contribution in [0.1, 0.15) is 63.9 Å². The van der Waals surface area contributed by atoms with Crippen LogP contribution in [-0.4, -0.2) is 0 Å². The maximum Gasteiger partial charge on any atom is 0.0433 e. The lowest BCUT2D eigenvalue weighted by molar-refractivity contribution is 0.660. The number of benzene rings is 9. The molecule has 0 radical (unpaired) electrons. The molecule has 1 heterocycles. The molecule has 0 bridgehead atoms. The van der Waals surface area contributed by atoms with Gasteiger partial charge in [-0.25, -0.2) is 0 Å². The number of hydrogen-bond donors (Lipinski definition) is 0. The first-order valence-corrected chi connectivity index (χ1v) is 24.0. The van der Waals surface area contributed by atoms with Gasteiger partial charge >= 0.3 is 0 Å². The van der Waals surface area contributed by atoms with E-state index in [0.29, 0.717) is 0 Å². The molecule has 9 aromatic carbocycles. The van der Waals surface area contributed by atoms with Gasteiger partial charge in [0.2, 0.25) is 0 Å². The first-order valence-electron chi connectivity index (χ1n) is 23.2. The molecule has 0 aliphatic heterocycles. The molecule has 1 heteroatoms. The first-order chi connectivity index (χ1) is 32.2. The number of allylic oxidation sites excluding steroid dienone is 2. The van der Waals surface area contributed by atoms with E-state index in [-0.39, 0.29) is 5.41 Å². The summed E-state index contributed by atoms with van der Waals surface area (Å²) >= 11 is 1.89. The topological polar surface area (TPSA) is 0 Å². The third-order valence-corrected chi connectivity index (χ3v) is 15.2. The lowest BCUT2D eigenvalue weighted by Crippen LogP contribution is -2.14. The zero-order chi connectivity index (χ0) is 44.9. The van der Waals surface area contributed by atoms with Gasteiger partial charge in [-0.15, -0.1) is 11.3 Å². The Bertz CT molecular complexity index is 3520. The summed E-state index contributed by atoms with van der Waals surface area (Å²) in [6.07, 6.45) is 4.05. The highest BCUT2D eigenvalue weighted by Crippen LogP contribution is 2.49. The van der Waals surface area contributed by atoms with Crippen molar-refractivity contribution in [3.8, 4) is 44.5 Å². The molecule has 0 unspecified atom stereocenters. The third-order valence-electron chi connectivity index (χ3n) is 13.9. The fourth-order valence-electron chi connectivity index (χ4n) is 10.4. The number of rotatable bonds is 10. The number of hydrogen-bond acceptors (Lipinski definition) is 1. The molecule has 0 fully saturated rings. The minimum absolute atomic E-state index is 0.0612. The standard InChI is InChI=1S/C65H52S/c1-42-14-12-15-46(36-42)37-44(3)53-16-6-7-17-55(53)60-41-51(28-24-43(60)2)48-29-25-45(26-30-48)38-52(39-47-27-35-57-56-18-8-10-22-61(56)65(4,5)62(57)40-47)49-31-33-50(34-32-49)54-20-13-21-59-58-19-9-11-23-63(58)66-64(54)59/h6-36,39-41H,3,37-38H2,1-2,4-5H3/b52-39-. The molecule has 0 spiro atoms. The van der Waals surface area contributed by atoms with E-state index >= 15 is 0 Å². The second-order valence-electron chi connectivity index (χ2n) is 18.7. The predicted octanol–water partition coefficient (Wildman–Crippen LogP) is 18.0. The lowest BCUT2D eigenvalue weighted by Gasteiger charge is -2.21. The summed E-state index contributed by atoms with van der Waals surface area (Å²) in [6.45, 7) is 13.7. The Kier molecular flexibility index (Phi) is 10.6. The SMILES string of the molecule is C=C(Cc1cccc(C)c1)c1ccccc1-c1cc(-c2ccc(C/C(=C/c3ccc4c(c3)C(C)(C)c3ccccc3-4)c3ccc(-c4cccc5c4sc4ccccc45)cc3)cc2)ccc1C. The van der Waals surface area contributed by atoms with Gasteiger partial charge < -0.3 is 0 Å². The highest BCUT2D eigenvalue weighted by Gasteiger charge is 2.35. The van der Waals surface area contributed by atoms with Gasteiger partial charge in [-0.1, -0.05) is 220 Å². The normalized spacial score (nSPS) is 12.9. The lowest BCUT2D eigenvalue weighted by atomic mass is 9.82. The van der Waals surface area contributed by atoms with Gasteiger partial charge in [-0.05, 0) is 139 Å². The first kappa shape index (κ1) is 41.4. The number of aryl methyl sites for hydroxylation is 2. The van der Waals surface area contributed by atoms with Gasteiger partial charge in [-0.2, -0.15) is 0 Å². The molecule has 1 aromatic heterocycles. The molecule has 0 nitrogen and oxygen atoms in total. The third kappa shape index (κ3) is 7.64. The van der Waals surface area contributed by atoms with Crippen LogP contribution in [0.15, 0.2) is 207 Å². The van der Waals surface area contributed by atoms with Crippen molar-refractivity contribution in [3.63, 3.8) is 0 Å². The average Bonchev–Trinajstić information content (AvgIpc) is 3.83. The van der Waals surface area contributed by atoms with Crippen molar-refractivity contribution >= 4 is 48.7 Å². The monoisotopic (exact) mass is 864 g/mol. The van der Waals surface area contributed by atoms with Crippen LogP contribution in [0.3, 0.4) is 0 Å². The molecule has 66 heavy (non-hydrogen) atoms. The Morgan fingerprint density at radius 3 is 2.02 bits per heavy atom.